The van der Waals surface area contributed by atoms with Crippen molar-refractivity contribution in [2.45, 2.75) is 26.4 Å². The van der Waals surface area contributed by atoms with E-state index < -0.39 is 0 Å². The van der Waals surface area contributed by atoms with E-state index in [1.54, 1.807) is 0 Å². The first-order chi connectivity index (χ1) is 9.30. The quantitative estimate of drug-likeness (QED) is 0.808. The third-order valence-electron chi connectivity index (χ3n) is 3.21. The molecule has 2 aromatic rings. The number of terminal acetylenes is 1. The SMILES string of the molecule is C#CCN(CCC)Cc1oc2ccccc2c1CN. The minimum atomic E-state index is 0.488. The van der Waals surface area contributed by atoms with Crippen molar-refractivity contribution in [3.8, 4) is 12.3 Å². The van der Waals surface area contributed by atoms with Gasteiger partial charge in [0.25, 0.3) is 0 Å². The molecular weight excluding hydrogens is 236 g/mol. The van der Waals surface area contributed by atoms with E-state index in [4.69, 9.17) is 16.6 Å². The number of nitrogens with two attached hydrogens (primary N) is 1. The maximum absolute atomic E-state index is 5.92. The zero-order valence-corrected chi connectivity index (χ0v) is 11.4. The van der Waals surface area contributed by atoms with Crippen LogP contribution in [0, 0.1) is 12.3 Å². The molecule has 0 saturated heterocycles. The van der Waals surface area contributed by atoms with Crippen LogP contribution in [0.15, 0.2) is 28.7 Å². The highest BCUT2D eigenvalue weighted by molar-refractivity contribution is 5.82. The van der Waals surface area contributed by atoms with Gasteiger partial charge < -0.3 is 10.2 Å². The van der Waals surface area contributed by atoms with E-state index in [9.17, 15) is 0 Å². The minimum absolute atomic E-state index is 0.488. The van der Waals surface area contributed by atoms with E-state index in [1.165, 1.54) is 0 Å². The summed E-state index contributed by atoms with van der Waals surface area (Å²) in [5, 5.41) is 1.11. The highest BCUT2D eigenvalue weighted by Gasteiger charge is 2.15. The van der Waals surface area contributed by atoms with Crippen LogP contribution in [0.3, 0.4) is 0 Å². The van der Waals surface area contributed by atoms with Crippen molar-refractivity contribution in [2.75, 3.05) is 13.1 Å². The molecule has 19 heavy (non-hydrogen) atoms. The largest absolute Gasteiger partial charge is 0.459 e. The van der Waals surface area contributed by atoms with Crippen LogP contribution in [0.5, 0.6) is 0 Å². The van der Waals surface area contributed by atoms with E-state index in [1.807, 2.05) is 18.2 Å². The summed E-state index contributed by atoms with van der Waals surface area (Å²) in [5.41, 5.74) is 7.86. The summed E-state index contributed by atoms with van der Waals surface area (Å²) in [7, 11) is 0. The predicted octanol–water partition coefficient (Wildman–Crippen LogP) is 2.74. The second kappa shape index (κ2) is 6.42. The van der Waals surface area contributed by atoms with E-state index >= 15 is 0 Å². The fraction of sp³-hybridized carbons (Fsp3) is 0.375. The van der Waals surface area contributed by atoms with Crippen molar-refractivity contribution in [2.24, 2.45) is 5.73 Å². The summed E-state index contributed by atoms with van der Waals surface area (Å²) >= 11 is 0. The van der Waals surface area contributed by atoms with Gasteiger partial charge in [-0.25, -0.2) is 0 Å². The molecule has 0 bridgehead atoms. The number of hydrogen-bond donors (Lipinski definition) is 1. The molecule has 0 atom stereocenters. The van der Waals surface area contributed by atoms with Crippen LogP contribution in [0.4, 0.5) is 0 Å². The Labute approximate surface area is 114 Å². The van der Waals surface area contributed by atoms with Gasteiger partial charge in [-0.3, -0.25) is 4.90 Å². The molecular formula is C16H20N2O. The summed E-state index contributed by atoms with van der Waals surface area (Å²) in [4.78, 5) is 2.21. The third kappa shape index (κ3) is 2.98. The Balaban J connectivity index is 2.31. The van der Waals surface area contributed by atoms with Gasteiger partial charge in [-0.15, -0.1) is 6.42 Å². The molecule has 0 fully saturated rings. The van der Waals surface area contributed by atoms with Crippen molar-refractivity contribution in [3.05, 3.63) is 35.6 Å². The summed E-state index contributed by atoms with van der Waals surface area (Å²) < 4.78 is 5.92. The number of rotatable bonds is 6. The Morgan fingerprint density at radius 1 is 1.37 bits per heavy atom. The molecule has 0 aliphatic rings. The molecule has 3 nitrogen and oxygen atoms in total. The highest BCUT2D eigenvalue weighted by atomic mass is 16.3. The van der Waals surface area contributed by atoms with Crippen LogP contribution in [0.2, 0.25) is 0 Å². The summed E-state index contributed by atoms with van der Waals surface area (Å²) in [6, 6.07) is 8.01. The van der Waals surface area contributed by atoms with Crippen molar-refractivity contribution in [1.82, 2.24) is 4.90 Å². The lowest BCUT2D eigenvalue weighted by Gasteiger charge is -2.17. The molecule has 0 amide bonds. The first kappa shape index (κ1) is 13.7. The van der Waals surface area contributed by atoms with Crippen molar-refractivity contribution in [3.63, 3.8) is 0 Å². The van der Waals surface area contributed by atoms with Crippen LogP contribution in [0.1, 0.15) is 24.7 Å². The number of furan rings is 1. The number of para-hydroxylation sites is 1. The fourth-order valence-corrected chi connectivity index (χ4v) is 2.36. The first-order valence-electron chi connectivity index (χ1n) is 6.65. The Morgan fingerprint density at radius 3 is 2.84 bits per heavy atom. The zero-order valence-electron chi connectivity index (χ0n) is 11.4. The second-order valence-electron chi connectivity index (χ2n) is 4.62. The molecule has 1 aromatic heterocycles. The lowest BCUT2D eigenvalue weighted by atomic mass is 10.1. The van der Waals surface area contributed by atoms with Crippen LogP contribution in [-0.4, -0.2) is 18.0 Å². The molecule has 1 aromatic carbocycles. The lowest BCUT2D eigenvalue weighted by molar-refractivity contribution is 0.274. The van der Waals surface area contributed by atoms with Crippen molar-refractivity contribution in [1.29, 1.82) is 0 Å². The van der Waals surface area contributed by atoms with Gasteiger partial charge in [0.05, 0.1) is 13.1 Å². The Kier molecular flexibility index (Phi) is 4.62. The number of hydrogen-bond acceptors (Lipinski definition) is 3. The Morgan fingerprint density at radius 2 is 2.16 bits per heavy atom. The topological polar surface area (TPSA) is 42.4 Å². The molecule has 0 aliphatic carbocycles. The standard InChI is InChI=1S/C16H20N2O/c1-3-9-18(10-4-2)12-16-14(11-17)13-7-5-6-8-15(13)19-16/h1,5-8H,4,9-12,17H2,2H3. The predicted molar refractivity (Wildman–Crippen MR) is 78.5 cm³/mol. The first-order valence-corrected chi connectivity index (χ1v) is 6.65. The van der Waals surface area contributed by atoms with Gasteiger partial charge in [0, 0.05) is 17.5 Å². The second-order valence-corrected chi connectivity index (χ2v) is 4.62. The third-order valence-corrected chi connectivity index (χ3v) is 3.21. The van der Waals surface area contributed by atoms with Crippen LogP contribution < -0.4 is 5.73 Å². The molecule has 0 saturated carbocycles. The van der Waals surface area contributed by atoms with Crippen LogP contribution in [0.25, 0.3) is 11.0 Å². The average Bonchev–Trinajstić information content (AvgIpc) is 2.76. The summed E-state index contributed by atoms with van der Waals surface area (Å²) in [6.07, 6.45) is 6.48. The maximum Gasteiger partial charge on any atom is 0.134 e. The monoisotopic (exact) mass is 256 g/mol. The van der Waals surface area contributed by atoms with Crippen LogP contribution >= 0.6 is 0 Å². The summed E-state index contributed by atoms with van der Waals surface area (Å²) in [5.74, 6) is 3.63. The zero-order chi connectivity index (χ0) is 13.7. The molecule has 0 aliphatic heterocycles. The van der Waals surface area contributed by atoms with Crippen molar-refractivity contribution < 1.29 is 4.42 Å². The minimum Gasteiger partial charge on any atom is -0.459 e. The summed E-state index contributed by atoms with van der Waals surface area (Å²) in [6.45, 7) is 4.95. The van der Waals surface area contributed by atoms with Gasteiger partial charge in [-0.2, -0.15) is 0 Å². The number of fused-ring (bicyclic) bond motifs is 1. The van der Waals surface area contributed by atoms with Crippen LogP contribution in [-0.2, 0) is 13.1 Å². The van der Waals surface area contributed by atoms with E-state index in [0.29, 0.717) is 13.1 Å². The fourth-order valence-electron chi connectivity index (χ4n) is 2.36. The lowest BCUT2D eigenvalue weighted by Crippen LogP contribution is -2.24. The van der Waals surface area contributed by atoms with Gasteiger partial charge in [0.15, 0.2) is 0 Å². The Hall–Kier alpha value is -1.76. The molecule has 1 heterocycles. The van der Waals surface area contributed by atoms with Gasteiger partial charge in [-0.05, 0) is 19.0 Å². The maximum atomic E-state index is 5.92. The molecule has 0 spiro atoms. The van der Waals surface area contributed by atoms with Gasteiger partial charge in [-0.1, -0.05) is 31.0 Å². The van der Waals surface area contributed by atoms with Crippen molar-refractivity contribution >= 4 is 11.0 Å². The normalized spacial score (nSPS) is 11.1. The molecule has 2 N–H and O–H groups in total. The molecule has 3 heteroatoms. The molecule has 0 unspecified atom stereocenters. The molecule has 0 radical (unpaired) electrons. The van der Waals surface area contributed by atoms with Gasteiger partial charge >= 0.3 is 0 Å². The highest BCUT2D eigenvalue weighted by Crippen LogP contribution is 2.26. The average molecular weight is 256 g/mol. The van der Waals surface area contributed by atoms with Gasteiger partial charge in [0.1, 0.15) is 11.3 Å². The van der Waals surface area contributed by atoms with E-state index in [-0.39, 0.29) is 0 Å². The number of benzene rings is 1. The van der Waals surface area contributed by atoms with E-state index in [0.717, 1.165) is 41.8 Å². The number of nitrogens with zero attached hydrogens (tertiary/aromatic N) is 1. The smallest absolute Gasteiger partial charge is 0.134 e. The van der Waals surface area contributed by atoms with Gasteiger partial charge in [0.2, 0.25) is 0 Å². The Bertz CT molecular complexity index is 580. The molecule has 2 rings (SSSR count). The molecule has 100 valence electrons. The van der Waals surface area contributed by atoms with E-state index in [2.05, 4.69) is 23.8 Å².